The maximum Gasteiger partial charge on any atom is 0.128 e. The second kappa shape index (κ2) is 4.83. The highest BCUT2D eigenvalue weighted by Gasteiger charge is 2.11. The van der Waals surface area contributed by atoms with Gasteiger partial charge < -0.3 is 4.98 Å². The molecule has 1 heterocycles. The van der Waals surface area contributed by atoms with Crippen LogP contribution in [0.5, 0.6) is 0 Å². The number of benzene rings is 2. The summed E-state index contributed by atoms with van der Waals surface area (Å²) in [5, 5.41) is 0.964. The highest BCUT2D eigenvalue weighted by Crippen LogP contribution is 2.25. The highest BCUT2D eigenvalue weighted by atomic mass is 35.5. The van der Waals surface area contributed by atoms with Gasteiger partial charge in [-0.1, -0.05) is 35.3 Å². The van der Waals surface area contributed by atoms with Crippen molar-refractivity contribution in [1.29, 1.82) is 0 Å². The summed E-state index contributed by atoms with van der Waals surface area (Å²) in [5.41, 5.74) is 1.95. The van der Waals surface area contributed by atoms with Gasteiger partial charge in [0.15, 0.2) is 0 Å². The van der Waals surface area contributed by atoms with E-state index in [1.54, 1.807) is 18.2 Å². The third kappa shape index (κ3) is 2.31. The van der Waals surface area contributed by atoms with Gasteiger partial charge in [-0.05, 0) is 24.3 Å². The number of aromatic amines is 1. The third-order valence-electron chi connectivity index (χ3n) is 2.92. The Bertz CT molecular complexity index is 732. The molecule has 2 nitrogen and oxygen atoms in total. The van der Waals surface area contributed by atoms with Gasteiger partial charge in [0.25, 0.3) is 0 Å². The van der Waals surface area contributed by atoms with E-state index in [1.807, 2.05) is 12.1 Å². The number of rotatable bonds is 2. The van der Waals surface area contributed by atoms with Gasteiger partial charge in [0, 0.05) is 17.0 Å². The Labute approximate surface area is 119 Å². The van der Waals surface area contributed by atoms with E-state index in [0.29, 0.717) is 33.4 Å². The quantitative estimate of drug-likeness (QED) is 0.735. The smallest absolute Gasteiger partial charge is 0.128 e. The maximum absolute atomic E-state index is 13.7. The summed E-state index contributed by atoms with van der Waals surface area (Å²) in [5.74, 6) is 0.300. The molecule has 0 saturated heterocycles. The number of nitrogens with zero attached hydrogens (tertiary/aromatic N) is 1. The summed E-state index contributed by atoms with van der Waals surface area (Å²) < 4.78 is 13.7. The van der Waals surface area contributed by atoms with Crippen molar-refractivity contribution in [3.05, 3.63) is 63.6 Å². The Hall–Kier alpha value is -1.58. The van der Waals surface area contributed by atoms with Crippen LogP contribution in [0.4, 0.5) is 4.39 Å². The van der Waals surface area contributed by atoms with Crippen LogP contribution >= 0.6 is 23.2 Å². The topological polar surface area (TPSA) is 28.7 Å². The largest absolute Gasteiger partial charge is 0.342 e. The van der Waals surface area contributed by atoms with Gasteiger partial charge in [0.2, 0.25) is 0 Å². The molecule has 3 aromatic rings. The van der Waals surface area contributed by atoms with E-state index in [0.717, 1.165) is 5.52 Å². The molecule has 3 rings (SSSR count). The number of imidazole rings is 1. The molecule has 0 spiro atoms. The molecule has 0 aliphatic carbocycles. The van der Waals surface area contributed by atoms with Crippen molar-refractivity contribution in [2.75, 3.05) is 0 Å². The molecule has 5 heteroatoms. The fourth-order valence-electron chi connectivity index (χ4n) is 2.00. The van der Waals surface area contributed by atoms with Crippen molar-refractivity contribution < 1.29 is 4.39 Å². The molecule has 96 valence electrons. The van der Waals surface area contributed by atoms with Crippen LogP contribution in [0.2, 0.25) is 10.0 Å². The van der Waals surface area contributed by atoms with Gasteiger partial charge in [-0.25, -0.2) is 9.37 Å². The fraction of sp³-hybridized carbons (Fsp3) is 0.0714. The van der Waals surface area contributed by atoms with Gasteiger partial charge in [0.05, 0.1) is 10.5 Å². The van der Waals surface area contributed by atoms with E-state index in [9.17, 15) is 4.39 Å². The maximum atomic E-state index is 13.7. The lowest BCUT2D eigenvalue weighted by molar-refractivity contribution is 0.612. The zero-order valence-electron chi connectivity index (χ0n) is 9.75. The van der Waals surface area contributed by atoms with Crippen LogP contribution in [0.15, 0.2) is 36.4 Å². The zero-order chi connectivity index (χ0) is 13.4. The third-order valence-corrected chi connectivity index (χ3v) is 3.58. The van der Waals surface area contributed by atoms with E-state index in [-0.39, 0.29) is 5.82 Å². The predicted octanol–water partition coefficient (Wildman–Crippen LogP) is 4.60. The summed E-state index contributed by atoms with van der Waals surface area (Å²) in [6, 6.07) is 10.1. The lowest BCUT2D eigenvalue weighted by Crippen LogP contribution is -1.95. The standard InChI is InChI=1S/C14H9Cl2FN2/c15-9-3-1-5-11(17)8(9)7-13-18-12-6-2-4-10(16)14(12)19-13/h1-6H,7H2,(H,18,19). The van der Waals surface area contributed by atoms with Crippen molar-refractivity contribution in [1.82, 2.24) is 9.97 Å². The minimum atomic E-state index is -0.334. The normalized spacial score (nSPS) is 11.1. The molecule has 0 aliphatic rings. The Morgan fingerprint density at radius 2 is 1.79 bits per heavy atom. The second-order valence-corrected chi connectivity index (χ2v) is 5.01. The molecule has 0 fully saturated rings. The SMILES string of the molecule is Fc1cccc(Cl)c1Cc1nc2c(Cl)cccc2[nH]1. The molecule has 0 amide bonds. The van der Waals surface area contributed by atoms with Crippen LogP contribution in [-0.2, 0) is 6.42 Å². The molecule has 19 heavy (non-hydrogen) atoms. The molecule has 2 aromatic carbocycles. The van der Waals surface area contributed by atoms with Gasteiger partial charge in [0.1, 0.15) is 17.2 Å². The molecule has 0 bridgehead atoms. The van der Waals surface area contributed by atoms with E-state index in [1.165, 1.54) is 6.07 Å². The van der Waals surface area contributed by atoms with E-state index < -0.39 is 0 Å². The van der Waals surface area contributed by atoms with Gasteiger partial charge >= 0.3 is 0 Å². The van der Waals surface area contributed by atoms with Crippen LogP contribution < -0.4 is 0 Å². The lowest BCUT2D eigenvalue weighted by Gasteiger charge is -2.03. The Kier molecular flexibility index (Phi) is 3.17. The molecular weight excluding hydrogens is 286 g/mol. The van der Waals surface area contributed by atoms with Crippen LogP contribution in [0.3, 0.4) is 0 Å². The average Bonchev–Trinajstić information content (AvgIpc) is 2.78. The molecule has 0 saturated carbocycles. The highest BCUT2D eigenvalue weighted by molar-refractivity contribution is 6.34. The first kappa shape index (κ1) is 12.5. The van der Waals surface area contributed by atoms with Crippen molar-refractivity contribution in [3.63, 3.8) is 0 Å². The number of hydrogen-bond acceptors (Lipinski definition) is 1. The van der Waals surface area contributed by atoms with Crippen molar-refractivity contribution in [3.8, 4) is 0 Å². The fourth-order valence-corrected chi connectivity index (χ4v) is 2.45. The number of nitrogens with one attached hydrogen (secondary N) is 1. The average molecular weight is 295 g/mol. The van der Waals surface area contributed by atoms with Gasteiger partial charge in [-0.3, -0.25) is 0 Å². The summed E-state index contributed by atoms with van der Waals surface area (Å²) >= 11 is 12.1. The minimum Gasteiger partial charge on any atom is -0.342 e. The number of fused-ring (bicyclic) bond motifs is 1. The lowest BCUT2D eigenvalue weighted by atomic mass is 10.1. The molecular formula is C14H9Cl2FN2. The second-order valence-electron chi connectivity index (χ2n) is 4.20. The summed E-state index contributed by atoms with van der Waals surface area (Å²) in [7, 11) is 0. The van der Waals surface area contributed by atoms with E-state index in [2.05, 4.69) is 9.97 Å². The first-order valence-corrected chi connectivity index (χ1v) is 6.47. The van der Waals surface area contributed by atoms with E-state index in [4.69, 9.17) is 23.2 Å². The number of para-hydroxylation sites is 1. The minimum absolute atomic E-state index is 0.302. The summed E-state index contributed by atoms with van der Waals surface area (Å²) in [6.07, 6.45) is 0.302. The van der Waals surface area contributed by atoms with Crippen molar-refractivity contribution in [2.45, 2.75) is 6.42 Å². The number of halogens is 3. The molecule has 0 radical (unpaired) electrons. The Morgan fingerprint density at radius 1 is 1.05 bits per heavy atom. The molecule has 1 aromatic heterocycles. The molecule has 0 atom stereocenters. The monoisotopic (exact) mass is 294 g/mol. The van der Waals surface area contributed by atoms with Crippen molar-refractivity contribution in [2.24, 2.45) is 0 Å². The van der Waals surface area contributed by atoms with Crippen molar-refractivity contribution >= 4 is 34.2 Å². The molecule has 0 aliphatic heterocycles. The predicted molar refractivity (Wildman–Crippen MR) is 75.3 cm³/mol. The Balaban J connectivity index is 2.04. The molecule has 1 N–H and O–H groups in total. The van der Waals surface area contributed by atoms with Crippen LogP contribution in [0.25, 0.3) is 11.0 Å². The van der Waals surface area contributed by atoms with Crippen LogP contribution in [0.1, 0.15) is 11.4 Å². The number of hydrogen-bond donors (Lipinski definition) is 1. The van der Waals surface area contributed by atoms with E-state index >= 15 is 0 Å². The van der Waals surface area contributed by atoms with Gasteiger partial charge in [-0.15, -0.1) is 0 Å². The number of aromatic nitrogens is 2. The summed E-state index contributed by atoms with van der Waals surface area (Å²) in [6.45, 7) is 0. The summed E-state index contributed by atoms with van der Waals surface area (Å²) in [4.78, 5) is 7.50. The van der Waals surface area contributed by atoms with Crippen LogP contribution in [0, 0.1) is 5.82 Å². The number of H-pyrrole nitrogens is 1. The zero-order valence-corrected chi connectivity index (χ0v) is 11.3. The Morgan fingerprint density at radius 3 is 2.53 bits per heavy atom. The molecule has 0 unspecified atom stereocenters. The first-order chi connectivity index (χ1) is 9.15. The first-order valence-electron chi connectivity index (χ1n) is 5.71. The van der Waals surface area contributed by atoms with Gasteiger partial charge in [-0.2, -0.15) is 0 Å². The van der Waals surface area contributed by atoms with Crippen LogP contribution in [-0.4, -0.2) is 9.97 Å².